The Labute approximate surface area is 119 Å². The molecule has 2 rings (SSSR count). The van der Waals surface area contributed by atoms with Crippen molar-refractivity contribution in [3.63, 3.8) is 0 Å². The summed E-state index contributed by atoms with van der Waals surface area (Å²) in [7, 11) is 1.69. The molecule has 1 aliphatic carbocycles. The van der Waals surface area contributed by atoms with Crippen LogP contribution in [-0.4, -0.2) is 18.1 Å². The second-order valence-electron chi connectivity index (χ2n) is 5.56. The van der Waals surface area contributed by atoms with Crippen molar-refractivity contribution in [3.8, 4) is 0 Å². The zero-order chi connectivity index (χ0) is 14.5. The van der Waals surface area contributed by atoms with Crippen molar-refractivity contribution < 1.29 is 9.66 Å². The number of anilines is 1. The van der Waals surface area contributed by atoms with Crippen LogP contribution in [0.3, 0.4) is 0 Å². The lowest BCUT2D eigenvalue weighted by atomic mass is 9.89. The van der Waals surface area contributed by atoms with Gasteiger partial charge in [0.05, 0.1) is 17.6 Å². The number of hydrogen-bond donors (Lipinski definition) is 1. The van der Waals surface area contributed by atoms with Gasteiger partial charge in [0.15, 0.2) is 0 Å². The summed E-state index contributed by atoms with van der Waals surface area (Å²) in [5.41, 5.74) is 1.61. The predicted molar refractivity (Wildman–Crippen MR) is 78.9 cm³/mol. The van der Waals surface area contributed by atoms with E-state index in [9.17, 15) is 10.1 Å². The van der Waals surface area contributed by atoms with Crippen LogP contribution in [0.5, 0.6) is 0 Å². The number of rotatable bonds is 5. The molecule has 1 saturated carbocycles. The van der Waals surface area contributed by atoms with Crippen molar-refractivity contribution in [2.45, 2.75) is 45.3 Å². The Kier molecular flexibility index (Phi) is 4.95. The molecule has 5 heteroatoms. The average molecular weight is 278 g/mol. The first-order chi connectivity index (χ1) is 9.60. The van der Waals surface area contributed by atoms with Gasteiger partial charge in [-0.15, -0.1) is 0 Å². The van der Waals surface area contributed by atoms with Crippen LogP contribution in [0, 0.1) is 16.0 Å². The van der Waals surface area contributed by atoms with E-state index >= 15 is 0 Å². The van der Waals surface area contributed by atoms with Gasteiger partial charge in [-0.1, -0.05) is 19.8 Å². The van der Waals surface area contributed by atoms with Gasteiger partial charge in [-0.05, 0) is 36.5 Å². The first kappa shape index (κ1) is 14.8. The third kappa shape index (κ3) is 3.70. The van der Waals surface area contributed by atoms with Gasteiger partial charge in [0, 0.05) is 13.1 Å². The normalized spacial score (nSPS) is 22.5. The van der Waals surface area contributed by atoms with E-state index in [1.807, 2.05) is 0 Å². The Morgan fingerprint density at radius 3 is 2.90 bits per heavy atom. The van der Waals surface area contributed by atoms with Gasteiger partial charge in [-0.25, -0.2) is 0 Å². The smallest absolute Gasteiger partial charge is 0.292 e. The molecule has 0 aromatic heterocycles. The van der Waals surface area contributed by atoms with E-state index in [4.69, 9.17) is 4.74 Å². The van der Waals surface area contributed by atoms with Crippen LogP contribution in [0.25, 0.3) is 0 Å². The molecule has 1 aliphatic rings. The number of benzene rings is 1. The zero-order valence-electron chi connectivity index (χ0n) is 12.1. The van der Waals surface area contributed by atoms with Crippen LogP contribution in [0.15, 0.2) is 18.2 Å². The number of ether oxygens (including phenoxy) is 1. The quantitative estimate of drug-likeness (QED) is 0.658. The largest absolute Gasteiger partial charge is 0.383 e. The molecule has 0 amide bonds. The fourth-order valence-corrected chi connectivity index (χ4v) is 2.78. The van der Waals surface area contributed by atoms with Crippen LogP contribution < -0.4 is 5.32 Å². The van der Waals surface area contributed by atoms with Crippen LogP contribution >= 0.6 is 0 Å². The summed E-state index contributed by atoms with van der Waals surface area (Å²) in [6.45, 7) is 2.78. The topological polar surface area (TPSA) is 64.4 Å². The van der Waals surface area contributed by atoms with Gasteiger partial charge in [-0.2, -0.15) is 0 Å². The highest BCUT2D eigenvalue weighted by molar-refractivity contribution is 5.62. The standard InChI is InChI=1S/C15H22N2O3/c1-11-4-3-5-13(8-11)20-10-12-6-7-15(17(18)19)14(9-12)16-2/h6-7,9,11,13,16H,3-5,8,10H2,1-2H3. The fraction of sp³-hybridized carbons (Fsp3) is 0.600. The highest BCUT2D eigenvalue weighted by atomic mass is 16.6. The van der Waals surface area contributed by atoms with Crippen LogP contribution in [0.4, 0.5) is 11.4 Å². The Bertz CT molecular complexity index is 476. The Morgan fingerprint density at radius 2 is 2.25 bits per heavy atom. The van der Waals surface area contributed by atoms with Gasteiger partial charge in [-0.3, -0.25) is 10.1 Å². The molecule has 0 radical (unpaired) electrons. The molecular weight excluding hydrogens is 256 g/mol. The monoisotopic (exact) mass is 278 g/mol. The highest BCUT2D eigenvalue weighted by Gasteiger charge is 2.19. The van der Waals surface area contributed by atoms with Gasteiger partial charge in [0.25, 0.3) is 5.69 Å². The summed E-state index contributed by atoms with van der Waals surface area (Å²) in [5, 5.41) is 13.7. The molecule has 0 spiro atoms. The van der Waals surface area contributed by atoms with E-state index < -0.39 is 0 Å². The van der Waals surface area contributed by atoms with Crippen LogP contribution in [0.2, 0.25) is 0 Å². The lowest BCUT2D eigenvalue weighted by molar-refractivity contribution is -0.384. The molecule has 110 valence electrons. The molecular formula is C15H22N2O3. The average Bonchev–Trinajstić information content (AvgIpc) is 2.44. The minimum atomic E-state index is -0.376. The van der Waals surface area contributed by atoms with E-state index in [-0.39, 0.29) is 10.6 Å². The molecule has 20 heavy (non-hydrogen) atoms. The third-order valence-corrected chi connectivity index (χ3v) is 3.90. The SMILES string of the molecule is CNc1cc(COC2CCCC(C)C2)ccc1[N+](=O)[O-]. The summed E-state index contributed by atoms with van der Waals surface area (Å²) in [5.74, 6) is 0.735. The predicted octanol–water partition coefficient (Wildman–Crippen LogP) is 3.73. The Hall–Kier alpha value is -1.62. The maximum atomic E-state index is 10.9. The van der Waals surface area contributed by atoms with Crippen LogP contribution in [0.1, 0.15) is 38.2 Å². The second kappa shape index (κ2) is 6.70. The number of hydrogen-bond acceptors (Lipinski definition) is 4. The first-order valence-corrected chi connectivity index (χ1v) is 7.17. The van der Waals surface area contributed by atoms with Gasteiger partial charge >= 0.3 is 0 Å². The number of nitrogens with one attached hydrogen (secondary N) is 1. The minimum Gasteiger partial charge on any atom is -0.383 e. The molecule has 1 aromatic rings. The summed E-state index contributed by atoms with van der Waals surface area (Å²) >= 11 is 0. The molecule has 5 nitrogen and oxygen atoms in total. The van der Waals surface area contributed by atoms with Crippen molar-refractivity contribution in [1.29, 1.82) is 0 Å². The molecule has 2 atom stereocenters. The molecule has 1 N–H and O–H groups in total. The summed E-state index contributed by atoms with van der Waals surface area (Å²) in [6.07, 6.45) is 5.09. The van der Waals surface area contributed by atoms with E-state index in [0.29, 0.717) is 18.4 Å². The van der Waals surface area contributed by atoms with E-state index in [1.54, 1.807) is 19.2 Å². The number of nitro groups is 1. The molecule has 0 aliphatic heterocycles. The molecule has 1 fully saturated rings. The van der Waals surface area contributed by atoms with Crippen molar-refractivity contribution in [3.05, 3.63) is 33.9 Å². The summed E-state index contributed by atoms with van der Waals surface area (Å²) in [4.78, 5) is 10.5. The highest BCUT2D eigenvalue weighted by Crippen LogP contribution is 2.28. The lowest BCUT2D eigenvalue weighted by Crippen LogP contribution is -2.21. The van der Waals surface area contributed by atoms with Crippen LogP contribution in [-0.2, 0) is 11.3 Å². The number of nitro benzene ring substituents is 1. The summed E-state index contributed by atoms with van der Waals surface area (Å²) < 4.78 is 5.94. The summed E-state index contributed by atoms with van der Waals surface area (Å²) in [6, 6.07) is 5.10. The second-order valence-corrected chi connectivity index (χ2v) is 5.56. The Balaban J connectivity index is 1.97. The van der Waals surface area contributed by atoms with E-state index in [0.717, 1.165) is 24.3 Å². The maximum Gasteiger partial charge on any atom is 0.292 e. The van der Waals surface area contributed by atoms with Crippen molar-refractivity contribution >= 4 is 11.4 Å². The van der Waals surface area contributed by atoms with Crippen molar-refractivity contribution in [2.75, 3.05) is 12.4 Å². The molecule has 2 unspecified atom stereocenters. The zero-order valence-corrected chi connectivity index (χ0v) is 12.1. The van der Waals surface area contributed by atoms with Gasteiger partial charge in [0.2, 0.25) is 0 Å². The molecule has 0 saturated heterocycles. The molecule has 0 bridgehead atoms. The lowest BCUT2D eigenvalue weighted by Gasteiger charge is -2.26. The Morgan fingerprint density at radius 1 is 1.45 bits per heavy atom. The minimum absolute atomic E-state index is 0.0996. The van der Waals surface area contributed by atoms with Gasteiger partial charge < -0.3 is 10.1 Å². The fourth-order valence-electron chi connectivity index (χ4n) is 2.78. The maximum absolute atomic E-state index is 10.9. The van der Waals surface area contributed by atoms with E-state index in [1.165, 1.54) is 18.9 Å². The molecule has 1 aromatic carbocycles. The molecule has 0 heterocycles. The van der Waals surface area contributed by atoms with Crippen molar-refractivity contribution in [1.82, 2.24) is 0 Å². The van der Waals surface area contributed by atoms with Crippen molar-refractivity contribution in [2.24, 2.45) is 5.92 Å². The van der Waals surface area contributed by atoms with E-state index in [2.05, 4.69) is 12.2 Å². The number of nitrogens with zero attached hydrogens (tertiary/aromatic N) is 1. The van der Waals surface area contributed by atoms with Gasteiger partial charge in [0.1, 0.15) is 5.69 Å². The third-order valence-electron chi connectivity index (χ3n) is 3.90. The first-order valence-electron chi connectivity index (χ1n) is 7.17.